The Morgan fingerprint density at radius 2 is 2.00 bits per heavy atom. The summed E-state index contributed by atoms with van der Waals surface area (Å²) in [5, 5.41) is 0.689. The van der Waals surface area contributed by atoms with Crippen LogP contribution < -0.4 is 5.73 Å². The first-order chi connectivity index (χ1) is 7.56. The van der Waals surface area contributed by atoms with Gasteiger partial charge in [-0.1, -0.05) is 43.6 Å². The van der Waals surface area contributed by atoms with Crippen molar-refractivity contribution in [3.05, 3.63) is 34.9 Å². The minimum atomic E-state index is 0.0311. The standard InChI is InChI=1S/C13H18ClNO/c1-9(2)13(16)7-10(8-15)11-5-3-4-6-12(11)14/h3-6,9-10H,7-8,15H2,1-2H3/t10-/m1/s1. The molecule has 0 fully saturated rings. The van der Waals surface area contributed by atoms with Gasteiger partial charge in [0.2, 0.25) is 0 Å². The van der Waals surface area contributed by atoms with E-state index in [1.807, 2.05) is 38.1 Å². The van der Waals surface area contributed by atoms with Crippen LogP contribution in [0, 0.1) is 5.92 Å². The maximum absolute atomic E-state index is 11.7. The lowest BCUT2D eigenvalue weighted by Crippen LogP contribution is -2.19. The molecule has 0 saturated heterocycles. The molecule has 1 atom stereocenters. The first-order valence-electron chi connectivity index (χ1n) is 5.53. The number of carbonyl (C=O) groups excluding carboxylic acids is 1. The Morgan fingerprint density at radius 1 is 1.38 bits per heavy atom. The Labute approximate surface area is 102 Å². The van der Waals surface area contributed by atoms with Gasteiger partial charge in [0, 0.05) is 23.3 Å². The van der Waals surface area contributed by atoms with Crippen LogP contribution in [0.15, 0.2) is 24.3 Å². The predicted octanol–water partition coefficient (Wildman–Crippen LogP) is 3.00. The van der Waals surface area contributed by atoms with E-state index >= 15 is 0 Å². The lowest BCUT2D eigenvalue weighted by atomic mass is 9.90. The normalized spacial score (nSPS) is 12.8. The predicted molar refractivity (Wildman–Crippen MR) is 67.7 cm³/mol. The Bertz CT molecular complexity index is 363. The maximum Gasteiger partial charge on any atom is 0.136 e. The molecule has 1 aromatic rings. The third-order valence-corrected chi connectivity index (χ3v) is 3.07. The number of Topliss-reactive ketones (excluding diaryl/α,β-unsaturated/α-hetero) is 1. The fraction of sp³-hybridized carbons (Fsp3) is 0.462. The van der Waals surface area contributed by atoms with Crippen molar-refractivity contribution in [3.8, 4) is 0 Å². The Balaban J connectivity index is 2.83. The number of ketones is 1. The fourth-order valence-electron chi connectivity index (χ4n) is 1.60. The molecule has 0 aromatic heterocycles. The van der Waals surface area contributed by atoms with Crippen LogP contribution in [0.2, 0.25) is 5.02 Å². The number of carbonyl (C=O) groups is 1. The Hall–Kier alpha value is -0.860. The maximum atomic E-state index is 11.7. The van der Waals surface area contributed by atoms with Crippen molar-refractivity contribution in [2.45, 2.75) is 26.2 Å². The summed E-state index contributed by atoms with van der Waals surface area (Å²) in [4.78, 5) is 11.7. The van der Waals surface area contributed by atoms with Gasteiger partial charge in [-0.3, -0.25) is 4.79 Å². The molecule has 88 valence electrons. The first-order valence-corrected chi connectivity index (χ1v) is 5.91. The number of rotatable bonds is 5. The average molecular weight is 240 g/mol. The van der Waals surface area contributed by atoms with E-state index in [9.17, 15) is 4.79 Å². The van der Waals surface area contributed by atoms with Crippen molar-refractivity contribution in [1.29, 1.82) is 0 Å². The summed E-state index contributed by atoms with van der Waals surface area (Å²) in [6, 6.07) is 7.57. The van der Waals surface area contributed by atoms with Crippen molar-refractivity contribution >= 4 is 17.4 Å². The molecule has 0 saturated carbocycles. The quantitative estimate of drug-likeness (QED) is 0.859. The smallest absolute Gasteiger partial charge is 0.136 e. The molecule has 0 heterocycles. The van der Waals surface area contributed by atoms with Crippen molar-refractivity contribution in [2.75, 3.05) is 6.54 Å². The van der Waals surface area contributed by atoms with Gasteiger partial charge >= 0.3 is 0 Å². The van der Waals surface area contributed by atoms with Gasteiger partial charge in [0.25, 0.3) is 0 Å². The largest absolute Gasteiger partial charge is 0.330 e. The number of benzene rings is 1. The van der Waals surface area contributed by atoms with Gasteiger partial charge in [-0.05, 0) is 18.2 Å². The van der Waals surface area contributed by atoms with Gasteiger partial charge < -0.3 is 5.73 Å². The Morgan fingerprint density at radius 3 is 2.50 bits per heavy atom. The first kappa shape index (κ1) is 13.2. The van der Waals surface area contributed by atoms with Crippen LogP contribution in [-0.2, 0) is 4.79 Å². The van der Waals surface area contributed by atoms with Gasteiger partial charge in [-0.15, -0.1) is 0 Å². The highest BCUT2D eigenvalue weighted by molar-refractivity contribution is 6.31. The van der Waals surface area contributed by atoms with Crippen LogP contribution in [0.5, 0.6) is 0 Å². The summed E-state index contributed by atoms with van der Waals surface area (Å²) in [7, 11) is 0. The minimum Gasteiger partial charge on any atom is -0.330 e. The van der Waals surface area contributed by atoms with Gasteiger partial charge in [-0.2, -0.15) is 0 Å². The van der Waals surface area contributed by atoms with E-state index in [2.05, 4.69) is 0 Å². The van der Waals surface area contributed by atoms with Crippen LogP contribution in [0.3, 0.4) is 0 Å². The van der Waals surface area contributed by atoms with Gasteiger partial charge in [0.1, 0.15) is 5.78 Å². The third-order valence-electron chi connectivity index (χ3n) is 2.72. The minimum absolute atomic E-state index is 0.0311. The topological polar surface area (TPSA) is 43.1 Å². The van der Waals surface area contributed by atoms with Crippen molar-refractivity contribution in [3.63, 3.8) is 0 Å². The van der Waals surface area contributed by atoms with Crippen LogP contribution in [0.4, 0.5) is 0 Å². The van der Waals surface area contributed by atoms with Crippen molar-refractivity contribution < 1.29 is 4.79 Å². The molecule has 0 aliphatic carbocycles. The second-order valence-corrected chi connectivity index (χ2v) is 4.69. The monoisotopic (exact) mass is 239 g/mol. The molecule has 0 unspecified atom stereocenters. The molecule has 16 heavy (non-hydrogen) atoms. The van der Waals surface area contributed by atoms with Crippen LogP contribution in [0.1, 0.15) is 31.7 Å². The summed E-state index contributed by atoms with van der Waals surface area (Å²) >= 11 is 6.09. The summed E-state index contributed by atoms with van der Waals surface area (Å²) in [5.41, 5.74) is 6.68. The number of halogens is 1. The molecule has 0 aliphatic rings. The highest BCUT2D eigenvalue weighted by atomic mass is 35.5. The highest BCUT2D eigenvalue weighted by Gasteiger charge is 2.18. The molecule has 1 aromatic carbocycles. The molecule has 0 bridgehead atoms. The molecular weight excluding hydrogens is 222 g/mol. The zero-order valence-electron chi connectivity index (χ0n) is 9.74. The molecule has 2 nitrogen and oxygen atoms in total. The number of nitrogens with two attached hydrogens (primary N) is 1. The van der Waals surface area contributed by atoms with Gasteiger partial charge in [0.15, 0.2) is 0 Å². The molecule has 2 N–H and O–H groups in total. The second-order valence-electron chi connectivity index (χ2n) is 4.28. The van der Waals surface area contributed by atoms with E-state index < -0.39 is 0 Å². The molecule has 0 spiro atoms. The zero-order valence-corrected chi connectivity index (χ0v) is 10.5. The SMILES string of the molecule is CC(C)C(=O)C[C@H](CN)c1ccccc1Cl. The van der Waals surface area contributed by atoms with Crippen molar-refractivity contribution in [1.82, 2.24) is 0 Å². The highest BCUT2D eigenvalue weighted by Crippen LogP contribution is 2.27. The third kappa shape index (κ3) is 3.32. The van der Waals surface area contributed by atoms with Crippen molar-refractivity contribution in [2.24, 2.45) is 11.7 Å². The van der Waals surface area contributed by atoms with E-state index in [1.165, 1.54) is 0 Å². The fourth-order valence-corrected chi connectivity index (χ4v) is 1.90. The lowest BCUT2D eigenvalue weighted by Gasteiger charge is -2.16. The second kappa shape index (κ2) is 6.02. The van der Waals surface area contributed by atoms with E-state index in [4.69, 9.17) is 17.3 Å². The van der Waals surface area contributed by atoms with E-state index in [0.29, 0.717) is 18.0 Å². The molecule has 0 radical (unpaired) electrons. The Kier molecular flexibility index (Phi) is 4.97. The lowest BCUT2D eigenvalue weighted by molar-refractivity contribution is -0.122. The van der Waals surface area contributed by atoms with Crippen LogP contribution in [-0.4, -0.2) is 12.3 Å². The molecule has 1 rings (SSSR count). The van der Waals surface area contributed by atoms with Crippen LogP contribution >= 0.6 is 11.6 Å². The molecule has 0 aliphatic heterocycles. The van der Waals surface area contributed by atoms with E-state index in [0.717, 1.165) is 5.56 Å². The molecule has 0 amide bonds. The molecular formula is C13H18ClNO. The van der Waals surface area contributed by atoms with Gasteiger partial charge in [-0.25, -0.2) is 0 Å². The molecule has 3 heteroatoms. The van der Waals surface area contributed by atoms with E-state index in [-0.39, 0.29) is 17.6 Å². The average Bonchev–Trinajstić information content (AvgIpc) is 2.26. The van der Waals surface area contributed by atoms with E-state index in [1.54, 1.807) is 0 Å². The van der Waals surface area contributed by atoms with Gasteiger partial charge in [0.05, 0.1) is 0 Å². The number of hydrogen-bond donors (Lipinski definition) is 1. The summed E-state index contributed by atoms with van der Waals surface area (Å²) in [6.07, 6.45) is 0.470. The summed E-state index contributed by atoms with van der Waals surface area (Å²) in [6.45, 7) is 4.26. The zero-order chi connectivity index (χ0) is 12.1. The summed E-state index contributed by atoms with van der Waals surface area (Å²) < 4.78 is 0. The number of hydrogen-bond acceptors (Lipinski definition) is 2. The summed E-state index contributed by atoms with van der Waals surface area (Å²) in [5.74, 6) is 0.315. The van der Waals surface area contributed by atoms with Crippen LogP contribution in [0.25, 0.3) is 0 Å².